The fourth-order valence-corrected chi connectivity index (χ4v) is 5.33. The van der Waals surface area contributed by atoms with E-state index in [-0.39, 0.29) is 12.1 Å². The molecule has 0 radical (unpaired) electrons. The van der Waals surface area contributed by atoms with Gasteiger partial charge < -0.3 is 14.6 Å². The molecule has 2 atom stereocenters. The van der Waals surface area contributed by atoms with E-state index >= 15 is 0 Å². The lowest BCUT2D eigenvalue weighted by Crippen LogP contribution is -2.29. The third-order valence-corrected chi connectivity index (χ3v) is 7.25. The predicted octanol–water partition coefficient (Wildman–Crippen LogP) is 5.85. The zero-order valence-electron chi connectivity index (χ0n) is 19.5. The zero-order valence-corrected chi connectivity index (χ0v) is 21.9. The molecule has 0 bridgehead atoms. The van der Waals surface area contributed by atoms with Crippen LogP contribution in [0, 0.1) is 6.92 Å². The number of benzene rings is 2. The van der Waals surface area contributed by atoms with Crippen molar-refractivity contribution in [1.29, 1.82) is 0 Å². The largest absolute Gasteiger partial charge is 0.459 e. The van der Waals surface area contributed by atoms with Gasteiger partial charge in [0.25, 0.3) is 0 Å². The van der Waals surface area contributed by atoms with Gasteiger partial charge in [0.05, 0.1) is 18.0 Å². The fraction of sp³-hybridized carbons (Fsp3) is 0.154. The van der Waals surface area contributed by atoms with Crippen LogP contribution in [0.15, 0.2) is 83.4 Å². The molecular weight excluding hydrogens is 516 g/mol. The molecule has 5 rings (SSSR count). The number of aryl methyl sites for hydroxylation is 1. The van der Waals surface area contributed by atoms with Gasteiger partial charge in [-0.3, -0.25) is 9.71 Å². The summed E-state index contributed by atoms with van der Waals surface area (Å²) in [7, 11) is -3.38. The summed E-state index contributed by atoms with van der Waals surface area (Å²) in [5, 5.41) is 4.57. The van der Waals surface area contributed by atoms with Gasteiger partial charge in [-0.15, -0.1) is 0 Å². The zero-order chi connectivity index (χ0) is 25.4. The van der Waals surface area contributed by atoms with Crippen LogP contribution in [0.3, 0.4) is 0 Å². The second-order valence-corrected chi connectivity index (χ2v) is 11.1. The van der Waals surface area contributed by atoms with Crippen LogP contribution in [0.2, 0.25) is 5.02 Å². The van der Waals surface area contributed by atoms with Gasteiger partial charge in [-0.05, 0) is 79.3 Å². The predicted molar refractivity (Wildman–Crippen MR) is 147 cm³/mol. The quantitative estimate of drug-likeness (QED) is 0.298. The van der Waals surface area contributed by atoms with Gasteiger partial charge in [0, 0.05) is 28.2 Å². The molecule has 36 heavy (non-hydrogen) atoms. The Bertz CT molecular complexity index is 1520. The summed E-state index contributed by atoms with van der Waals surface area (Å²) < 4.78 is 32.1. The Morgan fingerprint density at radius 3 is 2.53 bits per heavy atom. The summed E-state index contributed by atoms with van der Waals surface area (Å²) in [6.45, 7) is 1.96. The standard InChI is InChI=1S/C26H23ClN4O3S2/c1-16-6-7-17(15-20(16)27)22-12-13-23(34-22)25-24(21-5-3-4-14-28-21)29-26(35)31(25)19-10-8-18(9-11-19)30-36(2,32)33/h3-15,24-25,30H,1-2H3,(H,29,35)/t24-,25-/m0/s1. The lowest BCUT2D eigenvalue weighted by Gasteiger charge is -2.26. The topological polar surface area (TPSA) is 87.5 Å². The first-order chi connectivity index (χ1) is 17.2. The lowest BCUT2D eigenvalue weighted by molar-refractivity contribution is 0.439. The summed E-state index contributed by atoms with van der Waals surface area (Å²) in [4.78, 5) is 6.52. The van der Waals surface area contributed by atoms with Gasteiger partial charge >= 0.3 is 0 Å². The summed E-state index contributed by atoms with van der Waals surface area (Å²) in [6, 6.07) is 21.8. The van der Waals surface area contributed by atoms with E-state index in [1.807, 2.05) is 72.5 Å². The number of aromatic nitrogens is 1. The molecule has 1 fully saturated rings. The van der Waals surface area contributed by atoms with Crippen molar-refractivity contribution in [2.24, 2.45) is 0 Å². The molecule has 1 aliphatic rings. The van der Waals surface area contributed by atoms with Crippen molar-refractivity contribution in [3.63, 3.8) is 0 Å². The van der Waals surface area contributed by atoms with Gasteiger partial charge in [0.15, 0.2) is 5.11 Å². The highest BCUT2D eigenvalue weighted by Crippen LogP contribution is 2.43. The molecule has 0 amide bonds. The maximum Gasteiger partial charge on any atom is 0.229 e. The number of anilines is 2. The van der Waals surface area contributed by atoms with Crippen LogP contribution in [0.25, 0.3) is 11.3 Å². The lowest BCUT2D eigenvalue weighted by atomic mass is 10.0. The van der Waals surface area contributed by atoms with Crippen molar-refractivity contribution < 1.29 is 12.8 Å². The molecule has 2 aromatic carbocycles. The molecule has 3 heterocycles. The van der Waals surface area contributed by atoms with E-state index in [9.17, 15) is 8.42 Å². The van der Waals surface area contributed by atoms with E-state index in [1.54, 1.807) is 18.3 Å². The molecule has 0 unspecified atom stereocenters. The molecule has 1 aliphatic heterocycles. The van der Waals surface area contributed by atoms with Crippen LogP contribution in [0.5, 0.6) is 0 Å². The highest BCUT2D eigenvalue weighted by molar-refractivity contribution is 7.92. The molecule has 4 aromatic rings. The van der Waals surface area contributed by atoms with Crippen molar-refractivity contribution in [1.82, 2.24) is 10.3 Å². The van der Waals surface area contributed by atoms with Crippen molar-refractivity contribution >= 4 is 50.3 Å². The van der Waals surface area contributed by atoms with Gasteiger partial charge in [-0.2, -0.15) is 0 Å². The Hall–Kier alpha value is -3.40. The smallest absolute Gasteiger partial charge is 0.229 e. The Kier molecular flexibility index (Phi) is 6.46. The Balaban J connectivity index is 1.55. The second kappa shape index (κ2) is 9.57. The van der Waals surface area contributed by atoms with Gasteiger partial charge in [-0.25, -0.2) is 8.42 Å². The van der Waals surface area contributed by atoms with E-state index < -0.39 is 10.0 Å². The molecule has 0 aliphatic carbocycles. The van der Waals surface area contributed by atoms with Crippen molar-refractivity contribution in [2.75, 3.05) is 15.9 Å². The van der Waals surface area contributed by atoms with Gasteiger partial charge in [-0.1, -0.05) is 29.8 Å². The highest BCUT2D eigenvalue weighted by atomic mass is 35.5. The highest BCUT2D eigenvalue weighted by Gasteiger charge is 2.42. The number of hydrogen-bond acceptors (Lipinski definition) is 5. The molecule has 1 saturated heterocycles. The van der Waals surface area contributed by atoms with Crippen molar-refractivity contribution in [3.8, 4) is 11.3 Å². The van der Waals surface area contributed by atoms with Gasteiger partial charge in [0.1, 0.15) is 17.6 Å². The number of hydrogen-bond donors (Lipinski definition) is 2. The van der Waals surface area contributed by atoms with E-state index in [4.69, 9.17) is 28.2 Å². The van der Waals surface area contributed by atoms with E-state index in [0.717, 1.165) is 28.8 Å². The summed E-state index contributed by atoms with van der Waals surface area (Å²) in [5.74, 6) is 1.39. The first kappa shape index (κ1) is 24.3. The Morgan fingerprint density at radius 1 is 1.08 bits per heavy atom. The van der Waals surface area contributed by atoms with Crippen LogP contribution >= 0.6 is 23.8 Å². The van der Waals surface area contributed by atoms with Crippen LogP contribution in [0.1, 0.15) is 29.1 Å². The third-order valence-electron chi connectivity index (χ3n) is 5.92. The monoisotopic (exact) mass is 538 g/mol. The molecule has 0 saturated carbocycles. The average Bonchev–Trinajstić information content (AvgIpc) is 3.46. The summed E-state index contributed by atoms with van der Waals surface area (Å²) >= 11 is 12.1. The van der Waals surface area contributed by atoms with Crippen molar-refractivity contribution in [3.05, 3.63) is 101 Å². The van der Waals surface area contributed by atoms with Crippen molar-refractivity contribution in [2.45, 2.75) is 19.0 Å². The average molecular weight is 539 g/mol. The number of furan rings is 1. The van der Waals surface area contributed by atoms with E-state index in [2.05, 4.69) is 15.0 Å². The molecular formula is C26H23ClN4O3S2. The number of rotatable bonds is 6. The maximum absolute atomic E-state index is 11.6. The van der Waals surface area contributed by atoms with Crippen LogP contribution in [-0.2, 0) is 10.0 Å². The number of nitrogens with zero attached hydrogens (tertiary/aromatic N) is 2. The number of thiocarbonyl (C=S) groups is 1. The molecule has 2 aromatic heterocycles. The Labute approximate surface area is 220 Å². The summed E-state index contributed by atoms with van der Waals surface area (Å²) in [5.41, 5.74) is 3.94. The minimum Gasteiger partial charge on any atom is -0.459 e. The molecule has 184 valence electrons. The molecule has 2 N–H and O–H groups in total. The normalized spacial score (nSPS) is 17.8. The van der Waals surface area contributed by atoms with E-state index in [1.165, 1.54) is 0 Å². The fourth-order valence-electron chi connectivity index (χ4n) is 4.24. The number of sulfonamides is 1. The van der Waals surface area contributed by atoms with E-state index in [0.29, 0.717) is 27.3 Å². The molecule has 7 nitrogen and oxygen atoms in total. The number of nitrogens with one attached hydrogen (secondary N) is 2. The first-order valence-corrected chi connectivity index (χ1v) is 13.8. The second-order valence-electron chi connectivity index (χ2n) is 8.58. The number of halogens is 1. The first-order valence-electron chi connectivity index (χ1n) is 11.1. The molecule has 0 spiro atoms. The van der Waals surface area contributed by atoms with Crippen LogP contribution in [0.4, 0.5) is 11.4 Å². The minimum atomic E-state index is -3.38. The van der Waals surface area contributed by atoms with Gasteiger partial charge in [0.2, 0.25) is 10.0 Å². The Morgan fingerprint density at radius 2 is 1.86 bits per heavy atom. The van der Waals surface area contributed by atoms with Crippen LogP contribution < -0.4 is 14.9 Å². The summed E-state index contributed by atoms with van der Waals surface area (Å²) in [6.07, 6.45) is 2.86. The number of pyridine rings is 1. The third kappa shape index (κ3) is 4.95. The molecule has 10 heteroatoms. The SMILES string of the molecule is Cc1ccc(-c2ccc([C@H]3[C@H](c4ccccn4)NC(=S)N3c3ccc(NS(C)(=O)=O)cc3)o2)cc1Cl. The van der Waals surface area contributed by atoms with Crippen LogP contribution in [-0.4, -0.2) is 24.8 Å². The minimum absolute atomic E-state index is 0.270. The maximum atomic E-state index is 11.6.